The van der Waals surface area contributed by atoms with Crippen LogP contribution in [0.4, 0.5) is 0 Å². The Hall–Kier alpha value is -2.69. The number of rotatable bonds is 6. The Morgan fingerprint density at radius 1 is 1.12 bits per heavy atom. The van der Waals surface area contributed by atoms with E-state index in [0.717, 1.165) is 11.1 Å². The molecular weight excluding hydrogens is 322 g/mol. The van der Waals surface area contributed by atoms with Crippen LogP contribution in [-0.4, -0.2) is 31.1 Å². The molecule has 0 radical (unpaired) electrons. The summed E-state index contributed by atoms with van der Waals surface area (Å²) in [6.45, 7) is 0.586. The Morgan fingerprint density at radius 3 is 2.58 bits per heavy atom. The lowest BCUT2D eigenvalue weighted by Gasteiger charge is -2.10. The first-order valence-electron chi connectivity index (χ1n) is 7.37. The summed E-state index contributed by atoms with van der Waals surface area (Å²) < 4.78 is 1.71. The number of benzene rings is 2. The molecule has 0 bridgehead atoms. The average Bonchev–Trinajstić information content (AvgIpc) is 3.07. The lowest BCUT2D eigenvalue weighted by Crippen LogP contribution is -2.06. The number of nitrogens with zero attached hydrogens (tertiary/aromatic N) is 5. The predicted octanol–water partition coefficient (Wildman–Crippen LogP) is 2.42. The Bertz CT molecular complexity index is 826. The predicted molar refractivity (Wildman–Crippen MR) is 90.2 cm³/mol. The smallest absolute Gasteiger partial charge is 0.209 e. The van der Waals surface area contributed by atoms with Crippen LogP contribution in [0, 0.1) is 11.3 Å². The van der Waals surface area contributed by atoms with Crippen molar-refractivity contribution < 1.29 is 5.11 Å². The number of hydrogen-bond acceptors (Lipinski definition) is 6. The normalized spacial score (nSPS) is 11.8. The van der Waals surface area contributed by atoms with Gasteiger partial charge in [0.15, 0.2) is 0 Å². The summed E-state index contributed by atoms with van der Waals surface area (Å²) >= 11 is 1.40. The summed E-state index contributed by atoms with van der Waals surface area (Å²) in [7, 11) is 0. The van der Waals surface area contributed by atoms with Crippen LogP contribution in [0.1, 0.15) is 22.8 Å². The molecule has 0 aliphatic rings. The van der Waals surface area contributed by atoms with Gasteiger partial charge < -0.3 is 5.11 Å². The van der Waals surface area contributed by atoms with Crippen molar-refractivity contribution in [1.29, 1.82) is 5.26 Å². The van der Waals surface area contributed by atoms with Crippen molar-refractivity contribution in [3.05, 3.63) is 71.3 Å². The van der Waals surface area contributed by atoms with Crippen LogP contribution in [-0.2, 0) is 6.54 Å². The topological polar surface area (TPSA) is 87.6 Å². The van der Waals surface area contributed by atoms with Crippen molar-refractivity contribution in [3.8, 4) is 6.07 Å². The molecule has 0 aliphatic heterocycles. The highest BCUT2D eigenvalue weighted by molar-refractivity contribution is 7.99. The molecule has 3 aromatic rings. The molecule has 0 aliphatic carbocycles. The third-order valence-electron chi connectivity index (χ3n) is 3.47. The van der Waals surface area contributed by atoms with Gasteiger partial charge in [-0.15, -0.1) is 5.10 Å². The van der Waals surface area contributed by atoms with Crippen LogP contribution in [0.3, 0.4) is 0 Å². The van der Waals surface area contributed by atoms with Gasteiger partial charge in [-0.25, -0.2) is 4.68 Å². The van der Waals surface area contributed by atoms with E-state index in [9.17, 15) is 5.11 Å². The fourth-order valence-corrected chi connectivity index (χ4v) is 3.03. The number of nitriles is 1. The average molecular weight is 337 g/mol. The lowest BCUT2D eigenvalue weighted by molar-refractivity contribution is 0.204. The highest BCUT2D eigenvalue weighted by atomic mass is 32.2. The lowest BCUT2D eigenvalue weighted by atomic mass is 10.1. The molecule has 120 valence electrons. The maximum Gasteiger partial charge on any atom is 0.209 e. The van der Waals surface area contributed by atoms with Gasteiger partial charge in [-0.3, -0.25) is 0 Å². The molecule has 1 atom stereocenters. The summed E-state index contributed by atoms with van der Waals surface area (Å²) in [5.74, 6) is 0.432. The molecule has 1 unspecified atom stereocenters. The quantitative estimate of drug-likeness (QED) is 0.695. The van der Waals surface area contributed by atoms with E-state index in [-0.39, 0.29) is 0 Å². The maximum absolute atomic E-state index is 10.3. The molecule has 2 aromatic carbocycles. The molecule has 1 N–H and O–H groups in total. The van der Waals surface area contributed by atoms with Crippen molar-refractivity contribution in [2.75, 3.05) is 5.75 Å². The van der Waals surface area contributed by atoms with E-state index in [1.165, 1.54) is 11.8 Å². The Kier molecular flexibility index (Phi) is 5.21. The maximum atomic E-state index is 10.3. The molecule has 6 nitrogen and oxygen atoms in total. The molecule has 0 saturated carbocycles. The van der Waals surface area contributed by atoms with E-state index in [0.29, 0.717) is 23.0 Å². The number of aliphatic hydroxyl groups is 1. The van der Waals surface area contributed by atoms with Gasteiger partial charge >= 0.3 is 0 Å². The van der Waals surface area contributed by atoms with Crippen LogP contribution in [0.5, 0.6) is 0 Å². The van der Waals surface area contributed by atoms with Crippen LogP contribution in [0.25, 0.3) is 0 Å². The molecule has 0 spiro atoms. The second-order valence-corrected chi connectivity index (χ2v) is 6.15. The third kappa shape index (κ3) is 3.98. The molecular formula is C17H15N5OS. The number of aliphatic hydroxyl groups excluding tert-OH is 1. The fourth-order valence-electron chi connectivity index (χ4n) is 2.18. The third-order valence-corrected chi connectivity index (χ3v) is 4.50. The monoisotopic (exact) mass is 337 g/mol. The van der Waals surface area contributed by atoms with Crippen LogP contribution in [0.2, 0.25) is 0 Å². The highest BCUT2D eigenvalue weighted by Crippen LogP contribution is 2.23. The first kappa shape index (κ1) is 16.2. The first-order valence-corrected chi connectivity index (χ1v) is 8.36. The minimum absolute atomic E-state index is 0.432. The van der Waals surface area contributed by atoms with Crippen molar-refractivity contribution in [3.63, 3.8) is 0 Å². The van der Waals surface area contributed by atoms with E-state index >= 15 is 0 Å². The molecule has 0 saturated heterocycles. The zero-order valence-corrected chi connectivity index (χ0v) is 13.6. The molecule has 0 fully saturated rings. The van der Waals surface area contributed by atoms with Gasteiger partial charge in [0, 0.05) is 5.75 Å². The van der Waals surface area contributed by atoms with Gasteiger partial charge in [0.1, 0.15) is 0 Å². The molecule has 1 aromatic heterocycles. The number of tetrazole rings is 1. The first-order chi connectivity index (χ1) is 11.8. The summed E-state index contributed by atoms with van der Waals surface area (Å²) in [5, 5.41) is 31.5. The van der Waals surface area contributed by atoms with E-state index in [1.54, 1.807) is 28.9 Å². The summed E-state index contributed by atoms with van der Waals surface area (Å²) in [5.41, 5.74) is 2.45. The minimum atomic E-state index is -0.649. The van der Waals surface area contributed by atoms with E-state index in [1.807, 2.05) is 30.3 Å². The second kappa shape index (κ2) is 7.73. The minimum Gasteiger partial charge on any atom is -0.388 e. The molecule has 1 heterocycles. The molecule has 7 heteroatoms. The SMILES string of the molecule is N#Cc1ccc(C(O)CSc2nnnn2Cc2ccccc2)cc1. The Morgan fingerprint density at radius 2 is 1.88 bits per heavy atom. The van der Waals surface area contributed by atoms with Crippen molar-refractivity contribution in [2.24, 2.45) is 0 Å². The van der Waals surface area contributed by atoms with E-state index in [4.69, 9.17) is 5.26 Å². The van der Waals surface area contributed by atoms with E-state index in [2.05, 4.69) is 21.6 Å². The van der Waals surface area contributed by atoms with E-state index < -0.39 is 6.10 Å². The number of hydrogen-bond donors (Lipinski definition) is 1. The van der Waals surface area contributed by atoms with Gasteiger partial charge in [0.05, 0.1) is 24.3 Å². The molecule has 24 heavy (non-hydrogen) atoms. The van der Waals surface area contributed by atoms with Gasteiger partial charge in [-0.05, 0) is 33.7 Å². The number of aromatic nitrogens is 4. The van der Waals surface area contributed by atoms with Crippen LogP contribution < -0.4 is 0 Å². The molecule has 3 rings (SSSR count). The molecule has 0 amide bonds. The highest BCUT2D eigenvalue weighted by Gasteiger charge is 2.13. The van der Waals surface area contributed by atoms with Crippen molar-refractivity contribution in [1.82, 2.24) is 20.2 Å². The summed E-state index contributed by atoms with van der Waals surface area (Å²) in [6.07, 6.45) is -0.649. The van der Waals surface area contributed by atoms with Crippen molar-refractivity contribution >= 4 is 11.8 Å². The number of thioether (sulfide) groups is 1. The summed E-state index contributed by atoms with van der Waals surface area (Å²) in [6, 6.07) is 18.9. The van der Waals surface area contributed by atoms with Crippen molar-refractivity contribution in [2.45, 2.75) is 17.8 Å². The van der Waals surface area contributed by atoms with Gasteiger partial charge in [0.25, 0.3) is 0 Å². The Labute approximate surface area is 143 Å². The zero-order valence-electron chi connectivity index (χ0n) is 12.8. The largest absolute Gasteiger partial charge is 0.388 e. The van der Waals surface area contributed by atoms with Crippen LogP contribution in [0.15, 0.2) is 59.8 Å². The standard InChI is InChI=1S/C17H15N5OS/c18-10-13-6-8-15(9-7-13)16(23)12-24-17-19-20-21-22(17)11-14-4-2-1-3-5-14/h1-9,16,23H,11-12H2. The summed E-state index contributed by atoms with van der Waals surface area (Å²) in [4.78, 5) is 0. The second-order valence-electron chi connectivity index (χ2n) is 5.17. The van der Waals surface area contributed by atoms with Crippen LogP contribution >= 0.6 is 11.8 Å². The van der Waals surface area contributed by atoms with Gasteiger partial charge in [-0.1, -0.05) is 54.2 Å². The van der Waals surface area contributed by atoms with Gasteiger partial charge in [-0.2, -0.15) is 5.26 Å². The zero-order chi connectivity index (χ0) is 16.8. The van der Waals surface area contributed by atoms with Gasteiger partial charge in [0.2, 0.25) is 5.16 Å². The fraction of sp³-hybridized carbons (Fsp3) is 0.176. The Balaban J connectivity index is 1.62.